The molecule has 0 saturated carbocycles. The molecule has 2 aliphatic heterocycles. The Kier molecular flexibility index (Phi) is 4.96. The van der Waals surface area contributed by atoms with Crippen LogP contribution in [0.15, 0.2) is 12.2 Å². The van der Waals surface area contributed by atoms with E-state index in [4.69, 9.17) is 5.11 Å². The Balaban J connectivity index is 0.000000125. The lowest BCUT2D eigenvalue weighted by molar-refractivity contribution is 0.164. The predicted octanol–water partition coefficient (Wildman–Crippen LogP) is 3.72. The predicted molar refractivity (Wildman–Crippen MR) is 70.0 cm³/mol. The standard InChI is InChI=1S/C8H14B.C6H10O/c1-3-7-5-2-6-8(4-1)9-7;7-6-4-2-1-3-5-6/h7-8H,1-6H2;1-2,6-7H,3-5H2. The molecule has 2 fully saturated rings. The minimum Gasteiger partial charge on any atom is -0.393 e. The lowest BCUT2D eigenvalue weighted by Gasteiger charge is -2.33. The van der Waals surface area contributed by atoms with Gasteiger partial charge >= 0.3 is 0 Å². The van der Waals surface area contributed by atoms with E-state index in [2.05, 4.69) is 13.4 Å². The van der Waals surface area contributed by atoms with Crippen molar-refractivity contribution >= 4 is 7.28 Å². The molecule has 2 heteroatoms. The summed E-state index contributed by atoms with van der Waals surface area (Å²) in [5.41, 5.74) is 0. The van der Waals surface area contributed by atoms with Gasteiger partial charge in [-0.2, -0.15) is 0 Å². The third-order valence-corrected chi connectivity index (χ3v) is 4.09. The van der Waals surface area contributed by atoms with E-state index in [1.54, 1.807) is 0 Å². The first-order chi connectivity index (χ1) is 7.84. The largest absolute Gasteiger partial charge is 0.393 e. The van der Waals surface area contributed by atoms with Gasteiger partial charge < -0.3 is 5.11 Å². The second kappa shape index (κ2) is 6.49. The number of aliphatic hydroxyl groups is 1. The Hall–Kier alpha value is -0.235. The molecular weight excluding hydrogens is 195 g/mol. The maximum atomic E-state index is 8.86. The van der Waals surface area contributed by atoms with Crippen molar-refractivity contribution in [1.29, 1.82) is 0 Å². The number of allylic oxidation sites excluding steroid dienone is 1. The normalized spacial score (nSPS) is 36.9. The zero-order valence-electron chi connectivity index (χ0n) is 10.3. The monoisotopic (exact) mass is 219 g/mol. The SMILES string of the molecule is OC1CC=CCC1.[B]1C2CCCC1CCC2. The third-order valence-electron chi connectivity index (χ3n) is 4.09. The number of fused-ring (bicyclic) bond motifs is 2. The topological polar surface area (TPSA) is 20.2 Å². The van der Waals surface area contributed by atoms with Crippen LogP contribution in [-0.4, -0.2) is 18.5 Å². The van der Waals surface area contributed by atoms with E-state index in [0.717, 1.165) is 30.9 Å². The molecule has 2 saturated heterocycles. The quantitative estimate of drug-likeness (QED) is 0.486. The van der Waals surface area contributed by atoms with Crippen molar-refractivity contribution in [2.45, 2.75) is 75.5 Å². The van der Waals surface area contributed by atoms with Crippen molar-refractivity contribution in [2.75, 3.05) is 0 Å². The molecule has 0 aromatic carbocycles. The van der Waals surface area contributed by atoms with Gasteiger partial charge in [0, 0.05) is 0 Å². The molecule has 89 valence electrons. The zero-order valence-corrected chi connectivity index (χ0v) is 10.3. The van der Waals surface area contributed by atoms with Crippen molar-refractivity contribution in [1.82, 2.24) is 0 Å². The van der Waals surface area contributed by atoms with Crippen LogP contribution in [0, 0.1) is 0 Å². The number of aliphatic hydroxyl groups excluding tert-OH is 1. The van der Waals surface area contributed by atoms with Crippen molar-refractivity contribution < 1.29 is 5.11 Å². The highest BCUT2D eigenvalue weighted by Crippen LogP contribution is 2.40. The fraction of sp³-hybridized carbons (Fsp3) is 0.857. The first-order valence-corrected chi connectivity index (χ1v) is 7.02. The van der Waals surface area contributed by atoms with Crippen LogP contribution in [0.25, 0.3) is 0 Å². The smallest absolute Gasteiger partial charge is 0.117 e. The molecule has 2 heterocycles. The Labute approximate surface area is 101 Å². The molecule has 1 nitrogen and oxygen atoms in total. The number of rotatable bonds is 0. The van der Waals surface area contributed by atoms with Crippen LogP contribution < -0.4 is 0 Å². The van der Waals surface area contributed by atoms with E-state index < -0.39 is 0 Å². The highest BCUT2D eigenvalue weighted by Gasteiger charge is 2.26. The minimum atomic E-state index is -0.0509. The lowest BCUT2D eigenvalue weighted by Crippen LogP contribution is -2.21. The molecule has 0 aromatic rings. The summed E-state index contributed by atoms with van der Waals surface area (Å²) in [7, 11) is 2.62. The van der Waals surface area contributed by atoms with Crippen molar-refractivity contribution in [2.24, 2.45) is 0 Å². The van der Waals surface area contributed by atoms with E-state index in [0.29, 0.717) is 0 Å². The molecule has 1 radical (unpaired) electrons. The fourth-order valence-corrected chi connectivity index (χ4v) is 3.12. The molecule has 0 aromatic heterocycles. The molecular formula is C14H24BO. The fourth-order valence-electron chi connectivity index (χ4n) is 3.12. The average molecular weight is 219 g/mol. The number of hydrogen-bond donors (Lipinski definition) is 1. The van der Waals surface area contributed by atoms with Crippen LogP contribution in [-0.2, 0) is 0 Å². The minimum absolute atomic E-state index is 0.0509. The van der Waals surface area contributed by atoms with Gasteiger partial charge in [0.2, 0.25) is 0 Å². The van der Waals surface area contributed by atoms with E-state index in [9.17, 15) is 0 Å². The second-order valence-corrected chi connectivity index (χ2v) is 5.51. The summed E-state index contributed by atoms with van der Waals surface area (Å²) in [6.07, 6.45) is 16.0. The van der Waals surface area contributed by atoms with E-state index in [1.165, 1.54) is 38.5 Å². The lowest BCUT2D eigenvalue weighted by atomic mass is 9.44. The highest BCUT2D eigenvalue weighted by atomic mass is 16.3. The highest BCUT2D eigenvalue weighted by molar-refractivity contribution is 6.40. The molecule has 2 bridgehead atoms. The van der Waals surface area contributed by atoms with Crippen LogP contribution in [0.3, 0.4) is 0 Å². The molecule has 3 rings (SSSR count). The molecule has 0 spiro atoms. The Morgan fingerprint density at radius 2 is 1.50 bits per heavy atom. The Bertz CT molecular complexity index is 207. The second-order valence-electron chi connectivity index (χ2n) is 5.51. The molecule has 0 amide bonds. The first kappa shape index (κ1) is 12.2. The zero-order chi connectivity index (χ0) is 11.2. The van der Waals surface area contributed by atoms with E-state index in [-0.39, 0.29) is 6.10 Å². The Morgan fingerprint density at radius 1 is 0.875 bits per heavy atom. The van der Waals surface area contributed by atoms with Crippen molar-refractivity contribution in [3.8, 4) is 0 Å². The van der Waals surface area contributed by atoms with E-state index in [1.807, 2.05) is 6.08 Å². The van der Waals surface area contributed by atoms with Crippen molar-refractivity contribution in [3.05, 3.63) is 12.2 Å². The van der Waals surface area contributed by atoms with Crippen LogP contribution >= 0.6 is 0 Å². The summed E-state index contributed by atoms with van der Waals surface area (Å²) in [4.78, 5) is 0. The third kappa shape index (κ3) is 3.97. The van der Waals surface area contributed by atoms with E-state index >= 15 is 0 Å². The summed E-state index contributed by atoms with van der Waals surface area (Å²) in [6, 6.07) is 0. The first-order valence-electron chi connectivity index (χ1n) is 7.02. The van der Waals surface area contributed by atoms with Crippen LogP contribution in [0.2, 0.25) is 11.6 Å². The van der Waals surface area contributed by atoms with Gasteiger partial charge in [0.1, 0.15) is 7.28 Å². The average Bonchev–Trinajstić information content (AvgIpc) is 2.31. The van der Waals surface area contributed by atoms with Gasteiger partial charge in [-0.05, 0) is 19.3 Å². The molecule has 1 aliphatic carbocycles. The van der Waals surface area contributed by atoms with Crippen LogP contribution in [0.5, 0.6) is 0 Å². The van der Waals surface area contributed by atoms with Gasteiger partial charge in [-0.1, -0.05) is 62.3 Å². The van der Waals surface area contributed by atoms with Crippen molar-refractivity contribution in [3.63, 3.8) is 0 Å². The molecule has 1 unspecified atom stereocenters. The van der Waals surface area contributed by atoms with Gasteiger partial charge in [0.05, 0.1) is 6.10 Å². The summed E-state index contributed by atoms with van der Waals surface area (Å²) in [5, 5.41) is 8.86. The Morgan fingerprint density at radius 3 is 1.81 bits per heavy atom. The molecule has 16 heavy (non-hydrogen) atoms. The van der Waals surface area contributed by atoms with Gasteiger partial charge in [-0.15, -0.1) is 0 Å². The summed E-state index contributed by atoms with van der Waals surface area (Å²) < 4.78 is 0. The van der Waals surface area contributed by atoms with Gasteiger partial charge in [-0.25, -0.2) is 0 Å². The van der Waals surface area contributed by atoms with Gasteiger partial charge in [0.25, 0.3) is 0 Å². The maximum absolute atomic E-state index is 8.86. The molecule has 1 atom stereocenters. The van der Waals surface area contributed by atoms with Gasteiger partial charge in [0.15, 0.2) is 0 Å². The maximum Gasteiger partial charge on any atom is 0.117 e. The van der Waals surface area contributed by atoms with Gasteiger partial charge in [-0.3, -0.25) is 0 Å². The number of hydrogen-bond acceptors (Lipinski definition) is 1. The molecule has 3 aliphatic rings. The summed E-state index contributed by atoms with van der Waals surface area (Å²) in [6.45, 7) is 0. The summed E-state index contributed by atoms with van der Waals surface area (Å²) in [5.74, 6) is 2.05. The van der Waals surface area contributed by atoms with Crippen LogP contribution in [0.1, 0.15) is 57.8 Å². The molecule has 1 N–H and O–H groups in total. The summed E-state index contributed by atoms with van der Waals surface area (Å²) >= 11 is 0. The van der Waals surface area contributed by atoms with Crippen LogP contribution in [0.4, 0.5) is 0 Å².